The van der Waals surface area contributed by atoms with Crippen LogP contribution in [0.4, 0.5) is 0 Å². The van der Waals surface area contributed by atoms with E-state index in [0.717, 1.165) is 117 Å². The molecule has 0 unspecified atom stereocenters. The predicted molar refractivity (Wildman–Crippen MR) is 304 cm³/mol. The molecule has 6 nitrogen and oxygen atoms in total. The average molecular weight is 945 g/mol. The number of para-hydroxylation sites is 4. The number of pyridine rings is 2. The molecule has 5 heterocycles. The Kier molecular flexibility index (Phi) is 10.4. The molecule has 0 amide bonds. The molecule has 0 N–H and O–H groups in total. The number of nitrogens with zero attached hydrogens (tertiary/aromatic N) is 6. The molecule has 0 atom stereocenters. The summed E-state index contributed by atoms with van der Waals surface area (Å²) in [5.74, 6) is 0.651. The van der Waals surface area contributed by atoms with Gasteiger partial charge in [-0.3, -0.25) is 9.97 Å². The van der Waals surface area contributed by atoms with Crippen molar-refractivity contribution in [1.82, 2.24) is 29.1 Å². The maximum absolute atomic E-state index is 5.44. The molecule has 0 aliphatic rings. The zero-order chi connectivity index (χ0) is 49.0. The lowest BCUT2D eigenvalue weighted by atomic mass is 9.98. The van der Waals surface area contributed by atoms with Crippen LogP contribution in [-0.4, -0.2) is 29.1 Å². The molecule has 9 aromatic carbocycles. The second-order valence-electron chi connectivity index (χ2n) is 18.6. The summed E-state index contributed by atoms with van der Waals surface area (Å²) in [7, 11) is 0. The minimum absolute atomic E-state index is 0.651. The fourth-order valence-electron chi connectivity index (χ4n) is 10.9. The monoisotopic (exact) mass is 944 g/mol. The van der Waals surface area contributed by atoms with E-state index >= 15 is 0 Å². The van der Waals surface area contributed by atoms with Crippen LogP contribution in [0.5, 0.6) is 0 Å². The van der Waals surface area contributed by atoms with Gasteiger partial charge in [-0.05, 0) is 77.9 Å². The molecular formula is C68H44N6. The molecule has 14 rings (SSSR count). The zero-order valence-electron chi connectivity index (χ0n) is 40.1. The molecule has 0 saturated carbocycles. The van der Waals surface area contributed by atoms with Gasteiger partial charge in [-0.15, -0.1) is 0 Å². The van der Waals surface area contributed by atoms with Crippen molar-refractivity contribution in [1.29, 1.82) is 0 Å². The zero-order valence-corrected chi connectivity index (χ0v) is 40.1. The summed E-state index contributed by atoms with van der Waals surface area (Å²) < 4.78 is 4.79. The largest absolute Gasteiger partial charge is 0.309 e. The molecule has 14 aromatic rings. The second-order valence-corrected chi connectivity index (χ2v) is 18.6. The third-order valence-corrected chi connectivity index (χ3v) is 14.3. The van der Waals surface area contributed by atoms with Crippen LogP contribution in [0.25, 0.3) is 134 Å². The first-order valence-electron chi connectivity index (χ1n) is 25.0. The molecule has 0 radical (unpaired) electrons. The van der Waals surface area contributed by atoms with Crippen molar-refractivity contribution in [3.05, 3.63) is 267 Å². The van der Waals surface area contributed by atoms with Crippen LogP contribution in [0, 0.1) is 0 Å². The number of aromatic nitrogens is 6. The lowest BCUT2D eigenvalue weighted by Gasteiger charge is -2.17. The number of rotatable bonds is 9. The van der Waals surface area contributed by atoms with Crippen molar-refractivity contribution in [2.45, 2.75) is 0 Å². The third kappa shape index (κ3) is 7.27. The summed E-state index contributed by atoms with van der Waals surface area (Å²) in [6, 6.07) is 90.0. The van der Waals surface area contributed by atoms with E-state index in [4.69, 9.17) is 19.9 Å². The molecule has 0 bridgehead atoms. The molecule has 0 fully saturated rings. The van der Waals surface area contributed by atoms with E-state index in [1.54, 1.807) is 0 Å². The van der Waals surface area contributed by atoms with Gasteiger partial charge in [-0.2, -0.15) is 0 Å². The van der Waals surface area contributed by atoms with E-state index in [-0.39, 0.29) is 0 Å². The van der Waals surface area contributed by atoms with E-state index in [2.05, 4.69) is 221 Å². The first kappa shape index (κ1) is 42.8. The molecule has 0 aliphatic heterocycles. The van der Waals surface area contributed by atoms with Gasteiger partial charge in [0.25, 0.3) is 0 Å². The first-order chi connectivity index (χ1) is 36.7. The highest BCUT2D eigenvalue weighted by atomic mass is 15.0. The highest BCUT2D eigenvalue weighted by Gasteiger charge is 2.22. The van der Waals surface area contributed by atoms with Crippen molar-refractivity contribution in [2.75, 3.05) is 0 Å². The van der Waals surface area contributed by atoms with Gasteiger partial charge in [0.05, 0.1) is 56.2 Å². The quantitative estimate of drug-likeness (QED) is 0.145. The summed E-state index contributed by atoms with van der Waals surface area (Å²) in [5.41, 5.74) is 19.5. The molecular weight excluding hydrogens is 901 g/mol. The molecule has 346 valence electrons. The molecule has 6 heteroatoms. The van der Waals surface area contributed by atoms with E-state index < -0.39 is 0 Å². The maximum Gasteiger partial charge on any atom is 0.160 e. The Labute approximate surface area is 427 Å². The minimum Gasteiger partial charge on any atom is -0.309 e. The lowest BCUT2D eigenvalue weighted by molar-refractivity contribution is 1.14. The Morgan fingerprint density at radius 2 is 0.635 bits per heavy atom. The summed E-state index contributed by atoms with van der Waals surface area (Å²) in [6.45, 7) is 0. The van der Waals surface area contributed by atoms with E-state index in [1.807, 2.05) is 54.9 Å². The highest BCUT2D eigenvalue weighted by Crippen LogP contribution is 2.43. The fraction of sp³-hybridized carbons (Fsp3) is 0. The van der Waals surface area contributed by atoms with Crippen LogP contribution in [0.15, 0.2) is 267 Å². The van der Waals surface area contributed by atoms with Gasteiger partial charge in [0.1, 0.15) is 0 Å². The second kappa shape index (κ2) is 18.0. The summed E-state index contributed by atoms with van der Waals surface area (Å²) in [6.07, 6.45) is 3.75. The smallest absolute Gasteiger partial charge is 0.160 e. The van der Waals surface area contributed by atoms with Crippen molar-refractivity contribution >= 4 is 43.6 Å². The Balaban J connectivity index is 0.943. The molecule has 0 aliphatic carbocycles. The number of hydrogen-bond donors (Lipinski definition) is 0. The van der Waals surface area contributed by atoms with Crippen LogP contribution >= 0.6 is 0 Å². The SMILES string of the molecule is c1ccc(-c2nc(-c3ccccc3-n3c4ccccc4c4cc(-c5cccnc5-c5ccccc5)ccc43)cc(-c3ccccc3-n3c4ccccc4c4cc(-c5cccnc5-c5ccccc5)ccc43)n2)cc1. The van der Waals surface area contributed by atoms with Crippen molar-refractivity contribution in [3.63, 3.8) is 0 Å². The predicted octanol–water partition coefficient (Wildman–Crippen LogP) is 17.1. The molecule has 0 spiro atoms. The van der Waals surface area contributed by atoms with Gasteiger partial charge in [0.2, 0.25) is 0 Å². The van der Waals surface area contributed by atoms with Gasteiger partial charge < -0.3 is 9.13 Å². The number of benzene rings is 9. The topological polar surface area (TPSA) is 61.4 Å². The third-order valence-electron chi connectivity index (χ3n) is 14.3. The van der Waals surface area contributed by atoms with Crippen molar-refractivity contribution in [2.24, 2.45) is 0 Å². The average Bonchev–Trinajstić information content (AvgIpc) is 4.00. The molecule has 74 heavy (non-hydrogen) atoms. The standard InChI is InChI=1S/C68H44N6/c1-4-20-45(21-5-1)66-50(30-18-40-69-66)48-36-38-64-56(42-48)52-26-10-14-32-60(52)73(64)62-34-16-12-28-54(62)58-44-59(72-68(71-58)47-24-8-3-9-25-47)55-29-13-17-35-63(55)74-61-33-15-11-27-53(61)57-43-49(37-39-65(57)74)51-31-19-41-70-67(51)46-22-6-2-7-23-46/h1-44H. The van der Waals surface area contributed by atoms with Gasteiger partial charge in [0.15, 0.2) is 5.82 Å². The molecule has 0 saturated heterocycles. The van der Waals surface area contributed by atoms with Crippen molar-refractivity contribution in [3.8, 4) is 90.0 Å². The fourth-order valence-corrected chi connectivity index (χ4v) is 10.9. The highest BCUT2D eigenvalue weighted by molar-refractivity contribution is 6.12. The summed E-state index contributed by atoms with van der Waals surface area (Å²) >= 11 is 0. The van der Waals surface area contributed by atoms with Gasteiger partial charge in [-0.25, -0.2) is 9.97 Å². The van der Waals surface area contributed by atoms with E-state index in [1.165, 1.54) is 10.8 Å². The molecule has 5 aromatic heterocycles. The van der Waals surface area contributed by atoms with Crippen LogP contribution in [0.2, 0.25) is 0 Å². The van der Waals surface area contributed by atoms with Gasteiger partial charge in [0, 0.05) is 72.9 Å². The summed E-state index contributed by atoms with van der Waals surface area (Å²) in [4.78, 5) is 20.6. The lowest BCUT2D eigenvalue weighted by Crippen LogP contribution is -2.02. The normalized spacial score (nSPS) is 11.5. The Morgan fingerprint density at radius 1 is 0.257 bits per heavy atom. The van der Waals surface area contributed by atoms with Crippen LogP contribution < -0.4 is 0 Å². The van der Waals surface area contributed by atoms with Crippen LogP contribution in [0.3, 0.4) is 0 Å². The Hall–Kier alpha value is -10.0. The number of fused-ring (bicyclic) bond motifs is 6. The Morgan fingerprint density at radius 3 is 1.11 bits per heavy atom. The summed E-state index contributed by atoms with van der Waals surface area (Å²) in [5, 5.41) is 4.66. The van der Waals surface area contributed by atoms with Gasteiger partial charge >= 0.3 is 0 Å². The maximum atomic E-state index is 5.44. The van der Waals surface area contributed by atoms with E-state index in [9.17, 15) is 0 Å². The van der Waals surface area contributed by atoms with Crippen molar-refractivity contribution < 1.29 is 0 Å². The Bertz CT molecular complexity index is 4160. The van der Waals surface area contributed by atoms with E-state index in [0.29, 0.717) is 5.82 Å². The first-order valence-corrected chi connectivity index (χ1v) is 25.0. The van der Waals surface area contributed by atoms with Crippen LogP contribution in [-0.2, 0) is 0 Å². The van der Waals surface area contributed by atoms with Crippen LogP contribution in [0.1, 0.15) is 0 Å². The number of hydrogen-bond acceptors (Lipinski definition) is 4. The minimum atomic E-state index is 0.651. The van der Waals surface area contributed by atoms with Gasteiger partial charge in [-0.1, -0.05) is 188 Å².